The molecule has 2 N–H and O–H groups in total. The number of hydrogen-bond donors (Lipinski definition) is 1. The van der Waals surface area contributed by atoms with Crippen molar-refractivity contribution in [2.24, 2.45) is 16.6 Å². The Bertz CT molecular complexity index is 284. The van der Waals surface area contributed by atoms with Gasteiger partial charge < -0.3 is 10.5 Å². The zero-order valence-corrected chi connectivity index (χ0v) is 10.00. The van der Waals surface area contributed by atoms with Crippen molar-refractivity contribution in [2.75, 3.05) is 13.7 Å². The van der Waals surface area contributed by atoms with Crippen molar-refractivity contribution in [3.05, 3.63) is 11.9 Å². The highest BCUT2D eigenvalue weighted by Crippen LogP contribution is 2.10. The zero-order valence-electron chi connectivity index (χ0n) is 10.00. The first-order chi connectivity index (χ1) is 7.47. The van der Waals surface area contributed by atoms with Gasteiger partial charge in [-0.15, -0.1) is 0 Å². The molecule has 0 aromatic heterocycles. The van der Waals surface area contributed by atoms with E-state index >= 15 is 0 Å². The van der Waals surface area contributed by atoms with Crippen LogP contribution in [0, 0.1) is 5.92 Å². The Kier molecular flexibility index (Phi) is 7.16. The van der Waals surface area contributed by atoms with E-state index in [-0.39, 0.29) is 24.3 Å². The number of carbonyl (C=O) groups is 1. The minimum atomic E-state index is -0.332. The van der Waals surface area contributed by atoms with Gasteiger partial charge in [0, 0.05) is 0 Å². The van der Waals surface area contributed by atoms with Crippen LogP contribution in [0.3, 0.4) is 0 Å². The number of allylic oxidation sites excluding steroid dienone is 1. The minimum absolute atomic E-state index is 0.0328. The van der Waals surface area contributed by atoms with Crippen LogP contribution in [0.15, 0.2) is 16.9 Å². The van der Waals surface area contributed by atoms with E-state index in [1.54, 1.807) is 13.8 Å². The molecule has 0 saturated carbocycles. The lowest BCUT2D eigenvalue weighted by molar-refractivity contribution is -0.144. The third-order valence-electron chi connectivity index (χ3n) is 2.05. The molecule has 0 aromatic carbocycles. The van der Waals surface area contributed by atoms with Gasteiger partial charge in [0.15, 0.2) is 0 Å². The first-order valence-electron chi connectivity index (χ1n) is 5.16. The summed E-state index contributed by atoms with van der Waals surface area (Å²) in [6, 6.07) is 0. The van der Waals surface area contributed by atoms with E-state index in [1.807, 2.05) is 0 Å². The molecule has 0 saturated heterocycles. The lowest BCUT2D eigenvalue weighted by atomic mass is 10.1. The molecule has 5 heteroatoms. The van der Waals surface area contributed by atoms with Crippen LogP contribution < -0.4 is 5.73 Å². The zero-order chi connectivity index (χ0) is 12.6. The predicted octanol–water partition coefficient (Wildman–Crippen LogP) is 1.81. The maximum Gasteiger partial charge on any atom is 0.308 e. The molecule has 0 spiro atoms. The quantitative estimate of drug-likeness (QED) is 0.430. The van der Waals surface area contributed by atoms with E-state index in [0.717, 1.165) is 0 Å². The third-order valence-corrected chi connectivity index (χ3v) is 2.05. The summed E-state index contributed by atoms with van der Waals surface area (Å²) < 4.78 is 17.6. The number of ether oxygens (including phenoxy) is 1. The largest absolute Gasteiger partial charge is 0.469 e. The molecule has 0 amide bonds. The summed E-state index contributed by atoms with van der Waals surface area (Å²) in [5, 5.41) is 0. The fraction of sp³-hybridized carbons (Fsp3) is 0.636. The molecule has 4 nitrogen and oxygen atoms in total. The normalized spacial score (nSPS) is 14.8. The summed E-state index contributed by atoms with van der Waals surface area (Å²) in [5.74, 6) is -0.466. The second kappa shape index (κ2) is 7.84. The third kappa shape index (κ3) is 6.98. The van der Waals surface area contributed by atoms with E-state index in [9.17, 15) is 9.18 Å². The van der Waals surface area contributed by atoms with Crippen LogP contribution in [0.25, 0.3) is 0 Å². The number of nitrogens with two attached hydrogens (primary N) is 1. The summed E-state index contributed by atoms with van der Waals surface area (Å²) in [7, 11) is 1.34. The number of aliphatic imine (C=N–C) groups is 1. The van der Waals surface area contributed by atoms with Gasteiger partial charge in [-0.2, -0.15) is 0 Å². The molecule has 0 aromatic rings. The van der Waals surface area contributed by atoms with Crippen molar-refractivity contribution in [2.45, 2.75) is 26.7 Å². The van der Waals surface area contributed by atoms with Gasteiger partial charge in [-0.05, 0) is 19.8 Å². The van der Waals surface area contributed by atoms with Crippen LogP contribution >= 0.6 is 0 Å². The van der Waals surface area contributed by atoms with E-state index in [4.69, 9.17) is 5.73 Å². The lowest BCUT2D eigenvalue weighted by Gasteiger charge is -2.06. The number of methoxy groups -OCH3 is 1. The fourth-order valence-electron chi connectivity index (χ4n) is 1.07. The smallest absolute Gasteiger partial charge is 0.308 e. The first kappa shape index (κ1) is 14.6. The molecule has 0 radical (unpaired) electrons. The minimum Gasteiger partial charge on any atom is -0.469 e. The van der Waals surface area contributed by atoms with E-state index in [0.29, 0.717) is 18.7 Å². The lowest BCUT2D eigenvalue weighted by Crippen LogP contribution is -2.12. The van der Waals surface area contributed by atoms with Gasteiger partial charge in [-0.25, -0.2) is 4.39 Å². The van der Waals surface area contributed by atoms with Gasteiger partial charge in [0.2, 0.25) is 0 Å². The highest BCUT2D eigenvalue weighted by atomic mass is 19.1. The number of esters is 1. The summed E-state index contributed by atoms with van der Waals surface area (Å²) in [6.07, 6.45) is 2.47. The second-order valence-electron chi connectivity index (χ2n) is 3.61. The average molecular weight is 230 g/mol. The van der Waals surface area contributed by atoms with Gasteiger partial charge in [-0.1, -0.05) is 13.0 Å². The second-order valence-corrected chi connectivity index (χ2v) is 3.61. The van der Waals surface area contributed by atoms with Gasteiger partial charge in [0.05, 0.1) is 25.4 Å². The van der Waals surface area contributed by atoms with Gasteiger partial charge >= 0.3 is 5.97 Å². The highest BCUT2D eigenvalue weighted by molar-refractivity contribution is 5.77. The summed E-state index contributed by atoms with van der Waals surface area (Å²) in [6.45, 7) is 3.32. The van der Waals surface area contributed by atoms with Crippen LogP contribution in [-0.4, -0.2) is 25.5 Å². The Morgan fingerprint density at radius 1 is 1.62 bits per heavy atom. The SMILES string of the molecule is COC(=O)[C@@H](C)CC/C=C(/F)CN=C(C)N. The molecule has 0 heterocycles. The number of carbonyl (C=O) groups excluding carboxylic acids is 1. The molecule has 0 rings (SSSR count). The molecular formula is C11H19FN2O2. The van der Waals surface area contributed by atoms with Gasteiger partial charge in [-0.3, -0.25) is 9.79 Å². The van der Waals surface area contributed by atoms with Crippen molar-refractivity contribution in [3.8, 4) is 0 Å². The van der Waals surface area contributed by atoms with Crippen molar-refractivity contribution in [3.63, 3.8) is 0 Å². The number of amidine groups is 1. The Hall–Kier alpha value is -1.39. The standard InChI is InChI=1S/C11H19FN2O2/c1-8(11(15)16-3)5-4-6-10(12)7-14-9(2)13/h6,8H,4-5,7H2,1-3H3,(H2,13,14)/b10-6+/t8-/m0/s1. The van der Waals surface area contributed by atoms with Crippen molar-refractivity contribution in [1.29, 1.82) is 0 Å². The molecule has 0 bridgehead atoms. The Morgan fingerprint density at radius 3 is 2.75 bits per heavy atom. The summed E-state index contributed by atoms with van der Waals surface area (Å²) >= 11 is 0. The Balaban J connectivity index is 3.91. The average Bonchev–Trinajstić information content (AvgIpc) is 2.24. The van der Waals surface area contributed by atoms with E-state index in [1.165, 1.54) is 13.2 Å². The molecular weight excluding hydrogens is 211 g/mol. The van der Waals surface area contributed by atoms with Crippen LogP contribution in [0.2, 0.25) is 0 Å². The predicted molar refractivity (Wildman–Crippen MR) is 61.8 cm³/mol. The van der Waals surface area contributed by atoms with Crippen LogP contribution in [-0.2, 0) is 9.53 Å². The van der Waals surface area contributed by atoms with Crippen LogP contribution in [0.1, 0.15) is 26.7 Å². The summed E-state index contributed by atoms with van der Waals surface area (Å²) in [4.78, 5) is 14.8. The van der Waals surface area contributed by atoms with Crippen LogP contribution in [0.5, 0.6) is 0 Å². The Labute approximate surface area is 95.4 Å². The molecule has 0 aliphatic rings. The number of hydrogen-bond acceptors (Lipinski definition) is 3. The molecule has 0 fully saturated rings. The molecule has 1 atom stereocenters. The maximum atomic E-state index is 13.1. The number of halogens is 1. The topological polar surface area (TPSA) is 64.7 Å². The monoisotopic (exact) mass is 230 g/mol. The van der Waals surface area contributed by atoms with Crippen molar-refractivity contribution < 1.29 is 13.9 Å². The summed E-state index contributed by atoms with van der Waals surface area (Å²) in [5.41, 5.74) is 5.27. The van der Waals surface area contributed by atoms with Crippen molar-refractivity contribution >= 4 is 11.8 Å². The maximum absolute atomic E-state index is 13.1. The van der Waals surface area contributed by atoms with E-state index < -0.39 is 0 Å². The number of rotatable bonds is 6. The molecule has 0 aliphatic heterocycles. The molecule has 92 valence electrons. The first-order valence-corrected chi connectivity index (χ1v) is 5.16. The van der Waals surface area contributed by atoms with Gasteiger partial charge in [0.25, 0.3) is 0 Å². The molecule has 0 unspecified atom stereocenters. The van der Waals surface area contributed by atoms with E-state index in [2.05, 4.69) is 9.73 Å². The van der Waals surface area contributed by atoms with Gasteiger partial charge in [0.1, 0.15) is 5.83 Å². The highest BCUT2D eigenvalue weighted by Gasteiger charge is 2.11. The molecule has 16 heavy (non-hydrogen) atoms. The van der Waals surface area contributed by atoms with Crippen molar-refractivity contribution in [1.82, 2.24) is 0 Å². The Morgan fingerprint density at radius 2 is 2.25 bits per heavy atom. The van der Waals surface area contributed by atoms with Crippen LogP contribution in [0.4, 0.5) is 4.39 Å². The fourth-order valence-corrected chi connectivity index (χ4v) is 1.07. The number of nitrogens with zero attached hydrogens (tertiary/aromatic N) is 1. The molecule has 0 aliphatic carbocycles.